The summed E-state index contributed by atoms with van der Waals surface area (Å²) in [6.45, 7) is 2.78. The van der Waals surface area contributed by atoms with Crippen LogP contribution in [0.5, 0.6) is 5.75 Å². The van der Waals surface area contributed by atoms with E-state index in [0.717, 1.165) is 11.4 Å². The van der Waals surface area contributed by atoms with E-state index in [9.17, 15) is 0 Å². The third kappa shape index (κ3) is 1.34. The number of fused-ring (bicyclic) bond motifs is 1. The lowest BCUT2D eigenvalue weighted by molar-refractivity contribution is 0.292. The minimum absolute atomic E-state index is 0.374. The van der Waals surface area contributed by atoms with Gasteiger partial charge < -0.3 is 10.1 Å². The summed E-state index contributed by atoms with van der Waals surface area (Å²) in [6, 6.07) is 6.00. The Hall–Kier alpha value is -0.890. The molecule has 0 spiro atoms. The van der Waals surface area contributed by atoms with Gasteiger partial charge in [-0.25, -0.2) is 0 Å². The van der Waals surface area contributed by atoms with Crippen molar-refractivity contribution in [3.8, 4) is 5.75 Å². The Morgan fingerprint density at radius 1 is 1.58 bits per heavy atom. The zero-order valence-corrected chi connectivity index (χ0v) is 7.56. The number of ether oxygens (including phenoxy) is 1. The highest BCUT2D eigenvalue weighted by molar-refractivity contribution is 6.30. The highest BCUT2D eigenvalue weighted by Gasteiger charge is 2.14. The van der Waals surface area contributed by atoms with Crippen LogP contribution in [-0.2, 0) is 0 Å². The van der Waals surface area contributed by atoms with Crippen LogP contribution < -0.4 is 10.1 Å². The first-order valence-corrected chi connectivity index (χ1v) is 4.32. The van der Waals surface area contributed by atoms with Crippen LogP contribution in [0.15, 0.2) is 18.2 Å². The first kappa shape index (κ1) is 7.74. The largest absolute Gasteiger partial charge is 0.489 e. The van der Waals surface area contributed by atoms with Crippen LogP contribution in [0, 0.1) is 0 Å². The molecule has 0 aromatic heterocycles. The molecule has 0 unspecified atom stereocenters. The highest BCUT2D eigenvalue weighted by Crippen LogP contribution is 2.31. The van der Waals surface area contributed by atoms with Crippen LogP contribution in [0.4, 0.5) is 5.69 Å². The van der Waals surface area contributed by atoms with Crippen molar-refractivity contribution in [1.82, 2.24) is 0 Å². The van der Waals surface area contributed by atoms with Gasteiger partial charge >= 0.3 is 0 Å². The van der Waals surface area contributed by atoms with Gasteiger partial charge in [0.15, 0.2) is 0 Å². The second-order valence-corrected chi connectivity index (χ2v) is 3.43. The van der Waals surface area contributed by atoms with Gasteiger partial charge in [0.05, 0.1) is 11.7 Å². The van der Waals surface area contributed by atoms with Crippen LogP contribution in [0.25, 0.3) is 0 Å². The monoisotopic (exact) mass is 183 g/mol. The smallest absolute Gasteiger partial charge is 0.143 e. The number of anilines is 1. The van der Waals surface area contributed by atoms with Gasteiger partial charge in [0.2, 0.25) is 0 Å². The fourth-order valence-corrected chi connectivity index (χ4v) is 1.42. The average molecular weight is 184 g/mol. The summed E-state index contributed by atoms with van der Waals surface area (Å²) in [5, 5.41) is 4.02. The molecule has 1 heterocycles. The third-order valence-corrected chi connectivity index (χ3v) is 2.07. The lowest BCUT2D eigenvalue weighted by Gasteiger charge is -2.24. The summed E-state index contributed by atoms with van der Waals surface area (Å²) >= 11 is 5.81. The van der Waals surface area contributed by atoms with Gasteiger partial charge in [-0.1, -0.05) is 11.6 Å². The maximum absolute atomic E-state index is 5.81. The molecule has 1 aliphatic heterocycles. The number of benzene rings is 1. The zero-order valence-electron chi connectivity index (χ0n) is 6.80. The molecule has 0 bridgehead atoms. The molecule has 0 aliphatic carbocycles. The van der Waals surface area contributed by atoms with Crippen LogP contribution in [0.1, 0.15) is 6.92 Å². The van der Waals surface area contributed by atoms with Gasteiger partial charge in [0.25, 0.3) is 0 Å². The standard InChI is InChI=1S/C9H10ClNO/c1-6-5-12-9-4-7(10)2-3-8(9)11-6/h2-4,6,11H,5H2,1H3/t6-/m0/s1. The molecule has 0 saturated carbocycles. The average Bonchev–Trinajstić information content (AvgIpc) is 2.05. The summed E-state index contributed by atoms with van der Waals surface area (Å²) in [5.41, 5.74) is 1.03. The molecule has 0 radical (unpaired) electrons. The summed E-state index contributed by atoms with van der Waals surface area (Å²) in [5.74, 6) is 0.848. The number of nitrogens with one attached hydrogen (secondary N) is 1. The quantitative estimate of drug-likeness (QED) is 0.668. The van der Waals surface area contributed by atoms with Gasteiger partial charge in [-0.05, 0) is 19.1 Å². The summed E-state index contributed by atoms with van der Waals surface area (Å²) in [4.78, 5) is 0. The minimum Gasteiger partial charge on any atom is -0.489 e. The Labute approximate surface area is 76.5 Å². The van der Waals surface area contributed by atoms with Crippen molar-refractivity contribution in [1.29, 1.82) is 0 Å². The van der Waals surface area contributed by atoms with Gasteiger partial charge in [-0.3, -0.25) is 0 Å². The van der Waals surface area contributed by atoms with E-state index >= 15 is 0 Å². The highest BCUT2D eigenvalue weighted by atomic mass is 35.5. The van der Waals surface area contributed by atoms with E-state index in [-0.39, 0.29) is 0 Å². The second-order valence-electron chi connectivity index (χ2n) is 3.00. The zero-order chi connectivity index (χ0) is 8.55. The molecule has 2 nitrogen and oxygen atoms in total. The molecule has 64 valence electrons. The molecule has 1 N–H and O–H groups in total. The van der Waals surface area contributed by atoms with Crippen molar-refractivity contribution in [2.45, 2.75) is 13.0 Å². The van der Waals surface area contributed by atoms with Gasteiger partial charge in [-0.2, -0.15) is 0 Å². The molecule has 3 heteroatoms. The van der Waals surface area contributed by atoms with E-state index in [1.165, 1.54) is 0 Å². The Kier molecular flexibility index (Phi) is 1.85. The molecule has 1 atom stereocenters. The number of halogens is 1. The maximum Gasteiger partial charge on any atom is 0.143 e. The fourth-order valence-electron chi connectivity index (χ4n) is 1.26. The van der Waals surface area contributed by atoms with Gasteiger partial charge in [-0.15, -0.1) is 0 Å². The molecular weight excluding hydrogens is 174 g/mol. The minimum atomic E-state index is 0.374. The van der Waals surface area contributed by atoms with E-state index in [1.807, 2.05) is 18.2 Å². The van der Waals surface area contributed by atoms with Crippen molar-refractivity contribution >= 4 is 17.3 Å². The SMILES string of the molecule is C[C@H]1COc2cc(Cl)ccc2N1. The lowest BCUT2D eigenvalue weighted by Crippen LogP contribution is -2.28. The number of hydrogen-bond acceptors (Lipinski definition) is 2. The van der Waals surface area contributed by atoms with Crippen molar-refractivity contribution in [2.24, 2.45) is 0 Å². The third-order valence-electron chi connectivity index (χ3n) is 1.83. The maximum atomic E-state index is 5.81. The van der Waals surface area contributed by atoms with E-state index in [0.29, 0.717) is 17.7 Å². The molecular formula is C9H10ClNO. The Morgan fingerprint density at radius 3 is 3.25 bits per heavy atom. The van der Waals surface area contributed by atoms with Crippen molar-refractivity contribution in [3.05, 3.63) is 23.2 Å². The van der Waals surface area contributed by atoms with Crippen molar-refractivity contribution in [2.75, 3.05) is 11.9 Å². The van der Waals surface area contributed by atoms with E-state index in [1.54, 1.807) is 0 Å². The van der Waals surface area contributed by atoms with Crippen LogP contribution in [-0.4, -0.2) is 12.6 Å². The molecule has 0 saturated heterocycles. The predicted molar refractivity (Wildman–Crippen MR) is 50.0 cm³/mol. The molecule has 0 fully saturated rings. The van der Waals surface area contributed by atoms with Gasteiger partial charge in [0.1, 0.15) is 12.4 Å². The lowest BCUT2D eigenvalue weighted by atomic mass is 10.2. The first-order chi connectivity index (χ1) is 5.75. The van der Waals surface area contributed by atoms with E-state index in [4.69, 9.17) is 16.3 Å². The molecule has 1 aromatic carbocycles. The number of rotatable bonds is 0. The Bertz CT molecular complexity index is 301. The Balaban J connectivity index is 2.37. The van der Waals surface area contributed by atoms with E-state index in [2.05, 4.69) is 12.2 Å². The van der Waals surface area contributed by atoms with Crippen LogP contribution in [0.3, 0.4) is 0 Å². The summed E-state index contributed by atoms with van der Waals surface area (Å²) < 4.78 is 5.47. The first-order valence-electron chi connectivity index (χ1n) is 3.94. The molecule has 2 rings (SSSR count). The molecule has 1 aromatic rings. The van der Waals surface area contributed by atoms with Gasteiger partial charge in [0, 0.05) is 11.1 Å². The second kappa shape index (κ2) is 2.87. The van der Waals surface area contributed by atoms with Crippen molar-refractivity contribution in [3.63, 3.8) is 0 Å². The van der Waals surface area contributed by atoms with E-state index < -0.39 is 0 Å². The molecule has 0 amide bonds. The van der Waals surface area contributed by atoms with Crippen LogP contribution >= 0.6 is 11.6 Å². The normalized spacial score (nSPS) is 20.7. The van der Waals surface area contributed by atoms with Crippen molar-refractivity contribution < 1.29 is 4.74 Å². The fraction of sp³-hybridized carbons (Fsp3) is 0.333. The molecule has 12 heavy (non-hydrogen) atoms. The van der Waals surface area contributed by atoms with Crippen LogP contribution in [0.2, 0.25) is 5.02 Å². The topological polar surface area (TPSA) is 21.3 Å². The summed E-state index contributed by atoms with van der Waals surface area (Å²) in [7, 11) is 0. The summed E-state index contributed by atoms with van der Waals surface area (Å²) in [6.07, 6.45) is 0. The Morgan fingerprint density at radius 2 is 2.42 bits per heavy atom. The number of hydrogen-bond donors (Lipinski definition) is 1. The molecule has 1 aliphatic rings. The predicted octanol–water partition coefficient (Wildman–Crippen LogP) is 2.53.